The van der Waals surface area contributed by atoms with Crippen LogP contribution in [0.15, 0.2) is 11.4 Å². The number of anilines is 1. The summed E-state index contributed by atoms with van der Waals surface area (Å²) < 4.78 is 0. The maximum absolute atomic E-state index is 11.4. The van der Waals surface area contributed by atoms with Crippen molar-refractivity contribution in [3.05, 3.63) is 33.7 Å². The zero-order valence-electron chi connectivity index (χ0n) is 18.8. The van der Waals surface area contributed by atoms with Gasteiger partial charge in [0.1, 0.15) is 0 Å². The van der Waals surface area contributed by atoms with Crippen LogP contribution in [0.4, 0.5) is 5.13 Å². The van der Waals surface area contributed by atoms with Gasteiger partial charge in [-0.2, -0.15) is 0 Å². The summed E-state index contributed by atoms with van der Waals surface area (Å²) in [5.74, 6) is 1.52. The fraction of sp³-hybridized carbons (Fsp3) is 0.600. The average Bonchev–Trinajstić information content (AvgIpc) is 3.14. The van der Waals surface area contributed by atoms with Gasteiger partial charge in [-0.25, -0.2) is 4.98 Å². The second-order valence-electron chi connectivity index (χ2n) is 8.84. The van der Waals surface area contributed by atoms with Crippen LogP contribution in [-0.2, 0) is 4.79 Å². The molecule has 1 aliphatic carbocycles. The zero-order valence-corrected chi connectivity index (χ0v) is 19.6. The van der Waals surface area contributed by atoms with Crippen molar-refractivity contribution in [2.75, 3.05) is 25.5 Å². The third-order valence-electron chi connectivity index (χ3n) is 6.70. The lowest BCUT2D eigenvalue weighted by Crippen LogP contribution is -2.32. The van der Waals surface area contributed by atoms with E-state index in [9.17, 15) is 4.79 Å². The van der Waals surface area contributed by atoms with Crippen molar-refractivity contribution in [2.24, 2.45) is 11.8 Å². The van der Waals surface area contributed by atoms with E-state index in [4.69, 9.17) is 4.98 Å². The lowest BCUT2D eigenvalue weighted by Gasteiger charge is -2.31. The number of amides is 1. The van der Waals surface area contributed by atoms with Crippen LogP contribution in [0.2, 0.25) is 0 Å². The largest absolute Gasteiger partial charge is 0.361 e. The van der Waals surface area contributed by atoms with Crippen LogP contribution in [0.3, 0.4) is 0 Å². The minimum atomic E-state index is 0. The predicted molar refractivity (Wildman–Crippen MR) is 130 cm³/mol. The van der Waals surface area contributed by atoms with Gasteiger partial charge in [0.25, 0.3) is 0 Å². The van der Waals surface area contributed by atoms with E-state index < -0.39 is 0 Å². The number of carbonyl (C=O) groups excluding carboxylic acids is 1. The fourth-order valence-electron chi connectivity index (χ4n) is 4.44. The summed E-state index contributed by atoms with van der Waals surface area (Å²) in [6.45, 7) is 12.3. The summed E-state index contributed by atoms with van der Waals surface area (Å²) >= 11 is 1.71. The van der Waals surface area contributed by atoms with Crippen LogP contribution in [0.5, 0.6) is 0 Å². The molecular formula is C25H39N3OS. The number of hydrogen-bond donors (Lipinski definition) is 1. The number of aromatic nitrogens is 1. The molecule has 1 N–H and O–H groups in total. The van der Waals surface area contributed by atoms with E-state index in [0.717, 1.165) is 23.9 Å². The second-order valence-corrected chi connectivity index (χ2v) is 9.70. The number of carbonyl (C=O) groups is 1. The van der Waals surface area contributed by atoms with Crippen LogP contribution in [-0.4, -0.2) is 35.9 Å². The minimum Gasteiger partial charge on any atom is -0.361 e. The average molecular weight is 430 g/mol. The predicted octanol–water partition coefficient (Wildman–Crippen LogP) is 6.38. The van der Waals surface area contributed by atoms with Gasteiger partial charge in [-0.15, -0.1) is 11.3 Å². The third-order valence-corrected chi connectivity index (χ3v) is 7.50. The number of benzene rings is 1. The van der Waals surface area contributed by atoms with E-state index in [-0.39, 0.29) is 13.3 Å². The van der Waals surface area contributed by atoms with Gasteiger partial charge in [0.15, 0.2) is 5.13 Å². The molecule has 0 radical (unpaired) electrons. The van der Waals surface area contributed by atoms with Gasteiger partial charge in [-0.1, -0.05) is 13.5 Å². The molecule has 4 nitrogen and oxygen atoms in total. The Balaban J connectivity index is 0.00000320. The standard InChI is InChI=1S/C24H35N3OS.CH4/c1-15-11-16(2)18(4)23(17(15)3)22-14-29-24(26-22)25-12-20-7-9-21(10-8-20)13-27(6)19(5)28;/h11,14,20-21H,7-10,12-13H2,1-6H3,(H,25,26);1H4. The molecule has 1 saturated carbocycles. The molecule has 0 unspecified atom stereocenters. The quantitative estimate of drug-likeness (QED) is 0.580. The normalized spacial score (nSPS) is 18.6. The Labute approximate surface area is 187 Å². The van der Waals surface area contributed by atoms with E-state index in [1.165, 1.54) is 53.5 Å². The Kier molecular flexibility index (Phi) is 8.48. The number of nitrogens with zero attached hydrogens (tertiary/aromatic N) is 2. The number of nitrogens with one attached hydrogen (secondary N) is 1. The molecule has 2 aromatic rings. The van der Waals surface area contributed by atoms with Gasteiger partial charge in [0.05, 0.1) is 5.69 Å². The summed E-state index contributed by atoms with van der Waals surface area (Å²) in [6.07, 6.45) is 4.90. The SMILES string of the molecule is C.CC(=O)N(C)CC1CCC(CNc2nc(-c3c(C)c(C)cc(C)c3C)cs2)CC1. The first-order chi connectivity index (χ1) is 13.8. The number of aryl methyl sites for hydroxylation is 2. The highest BCUT2D eigenvalue weighted by Gasteiger charge is 2.23. The van der Waals surface area contributed by atoms with Crippen LogP contribution in [0.25, 0.3) is 11.3 Å². The second kappa shape index (κ2) is 10.4. The zero-order chi connectivity index (χ0) is 21.1. The number of hydrogen-bond acceptors (Lipinski definition) is 4. The van der Waals surface area contributed by atoms with Gasteiger partial charge < -0.3 is 10.2 Å². The van der Waals surface area contributed by atoms with E-state index in [1.54, 1.807) is 18.3 Å². The maximum Gasteiger partial charge on any atom is 0.219 e. The molecule has 0 atom stereocenters. The topological polar surface area (TPSA) is 45.2 Å². The molecule has 166 valence electrons. The highest BCUT2D eigenvalue weighted by atomic mass is 32.1. The first-order valence-corrected chi connectivity index (χ1v) is 11.6. The highest BCUT2D eigenvalue weighted by Crippen LogP contribution is 2.34. The van der Waals surface area contributed by atoms with Crippen LogP contribution in [0, 0.1) is 39.5 Å². The Morgan fingerprint density at radius 3 is 2.23 bits per heavy atom. The lowest BCUT2D eigenvalue weighted by atomic mass is 9.82. The van der Waals surface area contributed by atoms with Crippen molar-refractivity contribution in [3.8, 4) is 11.3 Å². The first-order valence-electron chi connectivity index (χ1n) is 10.7. The van der Waals surface area contributed by atoms with Crippen molar-refractivity contribution in [3.63, 3.8) is 0 Å². The van der Waals surface area contributed by atoms with Crippen LogP contribution < -0.4 is 5.32 Å². The van der Waals surface area contributed by atoms with Gasteiger partial charge >= 0.3 is 0 Å². The molecule has 3 rings (SSSR count). The van der Waals surface area contributed by atoms with Gasteiger partial charge in [0.2, 0.25) is 5.91 Å². The molecule has 1 amide bonds. The Hall–Kier alpha value is -1.88. The summed E-state index contributed by atoms with van der Waals surface area (Å²) in [7, 11) is 1.91. The van der Waals surface area contributed by atoms with Crippen molar-refractivity contribution in [1.82, 2.24) is 9.88 Å². The Bertz CT molecular complexity index is 839. The summed E-state index contributed by atoms with van der Waals surface area (Å²) in [4.78, 5) is 18.2. The molecule has 0 bridgehead atoms. The van der Waals surface area contributed by atoms with Crippen LogP contribution >= 0.6 is 11.3 Å². The molecule has 1 aromatic heterocycles. The van der Waals surface area contributed by atoms with Gasteiger partial charge in [-0.3, -0.25) is 4.79 Å². The highest BCUT2D eigenvalue weighted by molar-refractivity contribution is 7.14. The smallest absolute Gasteiger partial charge is 0.219 e. The van der Waals surface area contributed by atoms with Crippen molar-refractivity contribution < 1.29 is 4.79 Å². The molecule has 1 aromatic carbocycles. The van der Waals surface area contributed by atoms with Crippen molar-refractivity contribution in [1.29, 1.82) is 0 Å². The molecule has 0 aliphatic heterocycles. The molecule has 1 heterocycles. The van der Waals surface area contributed by atoms with E-state index in [2.05, 4.69) is 44.5 Å². The number of rotatable bonds is 6. The van der Waals surface area contributed by atoms with E-state index in [0.29, 0.717) is 11.8 Å². The molecule has 1 aliphatic rings. The van der Waals surface area contributed by atoms with Crippen molar-refractivity contribution in [2.45, 2.75) is 67.7 Å². The summed E-state index contributed by atoms with van der Waals surface area (Å²) in [5, 5.41) is 6.80. The van der Waals surface area contributed by atoms with Crippen LogP contribution in [0.1, 0.15) is 62.3 Å². The monoisotopic (exact) mass is 429 g/mol. The minimum absolute atomic E-state index is 0. The Morgan fingerprint density at radius 2 is 1.67 bits per heavy atom. The fourth-order valence-corrected chi connectivity index (χ4v) is 5.15. The summed E-state index contributed by atoms with van der Waals surface area (Å²) in [6, 6.07) is 2.27. The van der Waals surface area contributed by atoms with E-state index in [1.807, 2.05) is 11.9 Å². The molecular weight excluding hydrogens is 390 g/mol. The van der Waals surface area contributed by atoms with E-state index >= 15 is 0 Å². The molecule has 0 spiro atoms. The Morgan fingerprint density at radius 1 is 1.10 bits per heavy atom. The van der Waals surface area contributed by atoms with Crippen molar-refractivity contribution >= 4 is 22.4 Å². The van der Waals surface area contributed by atoms with Gasteiger partial charge in [-0.05, 0) is 87.5 Å². The summed E-state index contributed by atoms with van der Waals surface area (Å²) in [5.41, 5.74) is 7.71. The molecule has 30 heavy (non-hydrogen) atoms. The molecule has 0 saturated heterocycles. The number of thiazole rings is 1. The lowest BCUT2D eigenvalue weighted by molar-refractivity contribution is -0.128. The molecule has 5 heteroatoms. The third kappa shape index (κ3) is 5.63. The molecule has 1 fully saturated rings. The van der Waals surface area contributed by atoms with Gasteiger partial charge in [0, 0.05) is 38.0 Å². The first kappa shape index (κ1) is 24.4. The maximum atomic E-state index is 11.4.